The van der Waals surface area contributed by atoms with Crippen LogP contribution >= 0.6 is 0 Å². The Morgan fingerprint density at radius 2 is 2.19 bits per heavy atom. The third-order valence-electron chi connectivity index (χ3n) is 3.48. The minimum atomic E-state index is -0.658. The highest BCUT2D eigenvalue weighted by atomic mass is 19.1. The molecule has 114 valence electrons. The number of carbonyl (C=O) groups excluding carboxylic acids is 2. The Kier molecular flexibility index (Phi) is 4.77. The normalized spacial score (nSPS) is 17.7. The van der Waals surface area contributed by atoms with E-state index < -0.39 is 23.7 Å². The molecule has 1 atom stereocenters. The number of likely N-dealkylation sites (tertiary alicyclic amines) is 1. The number of hydrogen-bond donors (Lipinski definition) is 0. The van der Waals surface area contributed by atoms with Gasteiger partial charge in [0.25, 0.3) is 5.91 Å². The molecule has 0 radical (unpaired) electrons. The molecule has 0 N–H and O–H groups in total. The Bertz CT molecular complexity index is 546. The van der Waals surface area contributed by atoms with E-state index in [0.29, 0.717) is 19.4 Å². The summed E-state index contributed by atoms with van der Waals surface area (Å²) in [6.07, 6.45) is 1.22. The molecule has 1 saturated heterocycles. The van der Waals surface area contributed by atoms with Crippen molar-refractivity contribution in [3.63, 3.8) is 0 Å². The lowest BCUT2D eigenvalue weighted by Crippen LogP contribution is -2.41. The second kappa shape index (κ2) is 6.56. The van der Waals surface area contributed by atoms with Crippen LogP contribution in [0.4, 0.5) is 4.39 Å². The van der Waals surface area contributed by atoms with Gasteiger partial charge in [-0.25, -0.2) is 9.18 Å². The van der Waals surface area contributed by atoms with Crippen LogP contribution in [-0.2, 0) is 9.53 Å². The van der Waals surface area contributed by atoms with E-state index in [1.54, 1.807) is 6.92 Å². The molecule has 0 bridgehead atoms. The summed E-state index contributed by atoms with van der Waals surface area (Å²) in [4.78, 5) is 25.8. The number of nitrogens with zero attached hydrogens (tertiary/aromatic N) is 1. The molecule has 6 heteroatoms. The van der Waals surface area contributed by atoms with Gasteiger partial charge in [-0.2, -0.15) is 0 Å². The topological polar surface area (TPSA) is 55.8 Å². The van der Waals surface area contributed by atoms with Crippen molar-refractivity contribution in [2.45, 2.75) is 25.8 Å². The first-order valence-corrected chi connectivity index (χ1v) is 6.90. The van der Waals surface area contributed by atoms with Gasteiger partial charge in [-0.1, -0.05) is 6.07 Å². The highest BCUT2D eigenvalue weighted by molar-refractivity contribution is 5.99. The van der Waals surface area contributed by atoms with Gasteiger partial charge in [0.05, 0.1) is 13.7 Å². The third kappa shape index (κ3) is 2.99. The molecular formula is C15H18FNO4. The first-order chi connectivity index (χ1) is 10.1. The first-order valence-electron chi connectivity index (χ1n) is 6.90. The lowest BCUT2D eigenvalue weighted by atomic mass is 10.1. The lowest BCUT2D eigenvalue weighted by Gasteiger charge is -2.24. The summed E-state index contributed by atoms with van der Waals surface area (Å²) >= 11 is 0. The summed E-state index contributed by atoms with van der Waals surface area (Å²) in [7, 11) is 1.37. The van der Waals surface area contributed by atoms with Gasteiger partial charge < -0.3 is 14.4 Å². The van der Waals surface area contributed by atoms with Crippen molar-refractivity contribution in [2.75, 3.05) is 20.3 Å². The van der Waals surface area contributed by atoms with Gasteiger partial charge in [0.1, 0.15) is 23.2 Å². The molecule has 0 saturated carbocycles. The van der Waals surface area contributed by atoms with E-state index in [9.17, 15) is 14.0 Å². The summed E-state index contributed by atoms with van der Waals surface area (Å²) in [5.41, 5.74) is -0.142. The summed E-state index contributed by atoms with van der Waals surface area (Å²) in [6.45, 7) is 2.36. The van der Waals surface area contributed by atoms with E-state index in [1.807, 2.05) is 0 Å². The molecule has 0 aromatic heterocycles. The molecule has 1 aromatic rings. The van der Waals surface area contributed by atoms with Crippen LogP contribution in [-0.4, -0.2) is 43.1 Å². The van der Waals surface area contributed by atoms with Crippen molar-refractivity contribution >= 4 is 11.9 Å². The molecule has 1 aromatic carbocycles. The number of carbonyl (C=O) groups is 2. The fourth-order valence-electron chi connectivity index (χ4n) is 2.52. The number of esters is 1. The summed E-state index contributed by atoms with van der Waals surface area (Å²) in [5, 5.41) is 0. The highest BCUT2D eigenvalue weighted by Crippen LogP contribution is 2.27. The van der Waals surface area contributed by atoms with Gasteiger partial charge in [0.15, 0.2) is 0 Å². The predicted molar refractivity (Wildman–Crippen MR) is 73.6 cm³/mol. The number of benzene rings is 1. The number of ether oxygens (including phenoxy) is 2. The SMILES string of the molecule is CCOC(=O)C1CCCN1C(=O)c1c(F)cccc1OC. The zero-order valence-electron chi connectivity index (χ0n) is 12.1. The molecule has 0 aliphatic carbocycles. The maximum atomic E-state index is 14.0. The number of rotatable bonds is 4. The van der Waals surface area contributed by atoms with Crippen LogP contribution in [0.2, 0.25) is 0 Å². The molecular weight excluding hydrogens is 277 g/mol. The maximum Gasteiger partial charge on any atom is 0.328 e. The van der Waals surface area contributed by atoms with Crippen LogP contribution in [0.25, 0.3) is 0 Å². The Labute approximate surface area is 122 Å². The molecule has 0 spiro atoms. The largest absolute Gasteiger partial charge is 0.496 e. The smallest absolute Gasteiger partial charge is 0.328 e. The lowest BCUT2D eigenvalue weighted by molar-refractivity contribution is -0.147. The Hall–Kier alpha value is -2.11. The monoisotopic (exact) mass is 295 g/mol. The van der Waals surface area contributed by atoms with E-state index in [2.05, 4.69) is 0 Å². The predicted octanol–water partition coefficient (Wildman–Crippen LogP) is 2.00. The highest BCUT2D eigenvalue weighted by Gasteiger charge is 2.37. The Morgan fingerprint density at radius 1 is 1.43 bits per heavy atom. The van der Waals surface area contributed by atoms with Crippen molar-refractivity contribution in [1.82, 2.24) is 4.90 Å². The first kappa shape index (κ1) is 15.3. The van der Waals surface area contributed by atoms with E-state index in [-0.39, 0.29) is 17.9 Å². The van der Waals surface area contributed by atoms with Crippen LogP contribution in [0.1, 0.15) is 30.1 Å². The molecule has 1 heterocycles. The van der Waals surface area contributed by atoms with Crippen molar-refractivity contribution < 1.29 is 23.5 Å². The zero-order chi connectivity index (χ0) is 15.4. The number of methoxy groups -OCH3 is 1. The van der Waals surface area contributed by atoms with E-state index >= 15 is 0 Å². The average molecular weight is 295 g/mol. The van der Waals surface area contributed by atoms with E-state index in [1.165, 1.54) is 30.2 Å². The average Bonchev–Trinajstić information content (AvgIpc) is 2.96. The van der Waals surface area contributed by atoms with Crippen LogP contribution in [0, 0.1) is 5.82 Å². The second-order valence-corrected chi connectivity index (χ2v) is 4.73. The number of halogens is 1. The molecule has 1 fully saturated rings. The minimum absolute atomic E-state index is 0.142. The minimum Gasteiger partial charge on any atom is -0.496 e. The van der Waals surface area contributed by atoms with Crippen molar-refractivity contribution in [3.8, 4) is 5.75 Å². The van der Waals surface area contributed by atoms with Crippen molar-refractivity contribution in [1.29, 1.82) is 0 Å². The van der Waals surface area contributed by atoms with Gasteiger partial charge in [-0.15, -0.1) is 0 Å². The third-order valence-corrected chi connectivity index (χ3v) is 3.48. The van der Waals surface area contributed by atoms with Crippen LogP contribution in [0.15, 0.2) is 18.2 Å². The van der Waals surface area contributed by atoms with Crippen LogP contribution in [0.3, 0.4) is 0 Å². The van der Waals surface area contributed by atoms with Gasteiger partial charge >= 0.3 is 5.97 Å². The van der Waals surface area contributed by atoms with Crippen molar-refractivity contribution in [2.24, 2.45) is 0 Å². The van der Waals surface area contributed by atoms with E-state index in [0.717, 1.165) is 0 Å². The van der Waals surface area contributed by atoms with E-state index in [4.69, 9.17) is 9.47 Å². The number of hydrogen-bond acceptors (Lipinski definition) is 4. The molecule has 21 heavy (non-hydrogen) atoms. The van der Waals surface area contributed by atoms with Gasteiger partial charge in [-0.05, 0) is 31.9 Å². The molecule has 1 aliphatic rings. The fraction of sp³-hybridized carbons (Fsp3) is 0.467. The van der Waals surface area contributed by atoms with Gasteiger partial charge in [0.2, 0.25) is 0 Å². The number of amides is 1. The zero-order valence-corrected chi connectivity index (χ0v) is 12.1. The standard InChI is InChI=1S/C15H18FNO4/c1-3-21-15(19)11-7-5-9-17(11)14(18)13-10(16)6-4-8-12(13)20-2/h4,6,8,11H,3,5,7,9H2,1-2H3. The fourth-order valence-corrected chi connectivity index (χ4v) is 2.52. The molecule has 1 unspecified atom stereocenters. The summed E-state index contributed by atoms with van der Waals surface area (Å²) in [5.74, 6) is -1.48. The summed E-state index contributed by atoms with van der Waals surface area (Å²) < 4.78 is 24.0. The van der Waals surface area contributed by atoms with Crippen molar-refractivity contribution in [3.05, 3.63) is 29.6 Å². The van der Waals surface area contributed by atoms with Gasteiger partial charge in [0, 0.05) is 6.54 Å². The Balaban J connectivity index is 2.29. The van der Waals surface area contributed by atoms with Gasteiger partial charge in [-0.3, -0.25) is 4.79 Å². The molecule has 5 nitrogen and oxygen atoms in total. The molecule has 1 aliphatic heterocycles. The molecule has 1 amide bonds. The maximum absolute atomic E-state index is 14.0. The van der Waals surface area contributed by atoms with Crippen LogP contribution in [0.5, 0.6) is 5.75 Å². The van der Waals surface area contributed by atoms with Crippen LogP contribution < -0.4 is 4.74 Å². The summed E-state index contributed by atoms with van der Waals surface area (Å²) in [6, 6.07) is 3.54. The second-order valence-electron chi connectivity index (χ2n) is 4.73. The molecule has 2 rings (SSSR count). The quantitative estimate of drug-likeness (QED) is 0.797. The Morgan fingerprint density at radius 3 is 2.86 bits per heavy atom.